The number of carbonyl (C=O) groups is 1. The van der Waals surface area contributed by atoms with Gasteiger partial charge in [0, 0.05) is 23.6 Å². The second-order valence-electron chi connectivity index (χ2n) is 4.04. The number of carbonyl (C=O) groups excluding carboxylic acids is 1. The third-order valence-electron chi connectivity index (χ3n) is 2.60. The van der Waals surface area contributed by atoms with E-state index in [4.69, 9.17) is 21.1 Å². The Morgan fingerprint density at radius 1 is 1.39 bits per heavy atom. The maximum atomic E-state index is 11.6. The van der Waals surface area contributed by atoms with E-state index < -0.39 is 0 Å². The van der Waals surface area contributed by atoms with Crippen LogP contribution in [-0.2, 0) is 14.3 Å². The maximum Gasteiger partial charge on any atom is 0.224 e. The summed E-state index contributed by atoms with van der Waals surface area (Å²) in [5.74, 6) is 0.470. The zero-order valence-corrected chi connectivity index (χ0v) is 10.8. The van der Waals surface area contributed by atoms with E-state index in [0.717, 1.165) is 11.3 Å². The monoisotopic (exact) mass is 269 g/mol. The Hall–Kier alpha value is -1.10. The van der Waals surface area contributed by atoms with Crippen molar-refractivity contribution >= 4 is 23.2 Å². The Balaban J connectivity index is 1.96. The van der Waals surface area contributed by atoms with Crippen LogP contribution < -0.4 is 5.32 Å². The number of alkyl halides is 1. The molecule has 1 saturated heterocycles. The van der Waals surface area contributed by atoms with E-state index in [1.54, 1.807) is 0 Å². The van der Waals surface area contributed by atoms with E-state index >= 15 is 0 Å². The van der Waals surface area contributed by atoms with Crippen molar-refractivity contribution in [3.8, 4) is 0 Å². The lowest BCUT2D eigenvalue weighted by Crippen LogP contribution is -2.11. The van der Waals surface area contributed by atoms with Gasteiger partial charge in [-0.1, -0.05) is 12.1 Å². The average molecular weight is 270 g/mol. The van der Waals surface area contributed by atoms with Crippen molar-refractivity contribution in [2.75, 3.05) is 24.4 Å². The van der Waals surface area contributed by atoms with Crippen molar-refractivity contribution in [2.24, 2.45) is 0 Å². The molecule has 1 aliphatic heterocycles. The average Bonchev–Trinajstić information content (AvgIpc) is 2.90. The van der Waals surface area contributed by atoms with Crippen molar-refractivity contribution in [1.29, 1.82) is 0 Å². The van der Waals surface area contributed by atoms with E-state index in [0.29, 0.717) is 31.9 Å². The predicted octanol–water partition coefficient (Wildman–Crippen LogP) is 2.69. The lowest BCUT2D eigenvalue weighted by molar-refractivity contribution is -0.116. The van der Waals surface area contributed by atoms with Crippen molar-refractivity contribution < 1.29 is 14.3 Å². The highest BCUT2D eigenvalue weighted by atomic mass is 35.5. The largest absolute Gasteiger partial charge is 0.346 e. The fraction of sp³-hybridized carbons (Fsp3) is 0.462. The zero-order valence-electron chi connectivity index (χ0n) is 10.0. The summed E-state index contributed by atoms with van der Waals surface area (Å²) in [6.45, 7) is 1.22. The van der Waals surface area contributed by atoms with E-state index in [2.05, 4.69) is 5.32 Å². The minimum Gasteiger partial charge on any atom is -0.346 e. The summed E-state index contributed by atoms with van der Waals surface area (Å²) in [5.41, 5.74) is 1.67. The molecule has 1 aromatic carbocycles. The van der Waals surface area contributed by atoms with Crippen molar-refractivity contribution in [3.63, 3.8) is 0 Å². The van der Waals surface area contributed by atoms with Gasteiger partial charge in [-0.05, 0) is 18.6 Å². The van der Waals surface area contributed by atoms with Crippen molar-refractivity contribution in [3.05, 3.63) is 29.8 Å². The van der Waals surface area contributed by atoms with Crippen LogP contribution in [0.5, 0.6) is 0 Å². The molecule has 0 spiro atoms. The lowest BCUT2D eigenvalue weighted by atomic mass is 10.2. The summed E-state index contributed by atoms with van der Waals surface area (Å²) < 4.78 is 10.8. The molecule has 1 N–H and O–H groups in total. The molecule has 0 atom stereocenters. The zero-order chi connectivity index (χ0) is 12.8. The minimum atomic E-state index is -0.315. The first-order chi connectivity index (χ1) is 8.79. The normalized spacial score (nSPS) is 15.8. The number of halogens is 1. The third-order valence-corrected chi connectivity index (χ3v) is 2.87. The van der Waals surface area contributed by atoms with Crippen molar-refractivity contribution in [2.45, 2.75) is 19.1 Å². The van der Waals surface area contributed by atoms with Crippen LogP contribution >= 0.6 is 11.6 Å². The summed E-state index contributed by atoms with van der Waals surface area (Å²) >= 11 is 5.55. The second kappa shape index (κ2) is 6.73. The minimum absolute atomic E-state index is 0.0268. The molecule has 1 aliphatic rings. The van der Waals surface area contributed by atoms with Gasteiger partial charge in [-0.2, -0.15) is 0 Å². The van der Waals surface area contributed by atoms with Gasteiger partial charge >= 0.3 is 0 Å². The molecule has 4 nitrogen and oxygen atoms in total. The first kappa shape index (κ1) is 13.3. The van der Waals surface area contributed by atoms with Gasteiger partial charge in [0.15, 0.2) is 6.29 Å². The summed E-state index contributed by atoms with van der Waals surface area (Å²) in [6, 6.07) is 7.51. The van der Waals surface area contributed by atoms with Gasteiger partial charge in [0.25, 0.3) is 0 Å². The second-order valence-corrected chi connectivity index (χ2v) is 4.42. The first-order valence-corrected chi connectivity index (χ1v) is 6.52. The van der Waals surface area contributed by atoms with Gasteiger partial charge in [-0.15, -0.1) is 11.6 Å². The first-order valence-electron chi connectivity index (χ1n) is 5.98. The topological polar surface area (TPSA) is 47.6 Å². The molecule has 0 unspecified atom stereocenters. The summed E-state index contributed by atoms with van der Waals surface area (Å²) in [7, 11) is 0. The Morgan fingerprint density at radius 3 is 2.89 bits per heavy atom. The quantitative estimate of drug-likeness (QED) is 0.836. The Kier molecular flexibility index (Phi) is 4.99. The fourth-order valence-electron chi connectivity index (χ4n) is 1.76. The number of benzene rings is 1. The van der Waals surface area contributed by atoms with Gasteiger partial charge in [0.2, 0.25) is 5.91 Å². The van der Waals surface area contributed by atoms with Crippen molar-refractivity contribution in [1.82, 2.24) is 0 Å². The molecule has 1 fully saturated rings. The van der Waals surface area contributed by atoms with Gasteiger partial charge in [-0.3, -0.25) is 4.79 Å². The maximum absolute atomic E-state index is 11.6. The number of rotatable bonds is 5. The molecular formula is C13H16ClNO3. The standard InChI is InChI=1S/C13H16ClNO3/c14-6-2-5-12(16)15-11-4-1-3-10(9-11)13-17-7-8-18-13/h1,3-4,9,13H,2,5-8H2,(H,15,16). The number of hydrogen-bond acceptors (Lipinski definition) is 3. The number of amides is 1. The summed E-state index contributed by atoms with van der Waals surface area (Å²) in [6.07, 6.45) is 0.802. The molecule has 0 aliphatic carbocycles. The number of hydrogen-bond donors (Lipinski definition) is 1. The van der Waals surface area contributed by atoms with Crippen LogP contribution in [0.2, 0.25) is 0 Å². The summed E-state index contributed by atoms with van der Waals surface area (Å²) in [4.78, 5) is 11.6. The molecule has 2 rings (SSSR count). The molecule has 0 bridgehead atoms. The third kappa shape index (κ3) is 3.70. The van der Waals surface area contributed by atoms with Gasteiger partial charge in [0.05, 0.1) is 13.2 Å². The fourth-order valence-corrected chi connectivity index (χ4v) is 1.90. The molecule has 0 radical (unpaired) electrons. The molecule has 0 saturated carbocycles. The molecule has 1 amide bonds. The van der Waals surface area contributed by atoms with Gasteiger partial charge < -0.3 is 14.8 Å². The Morgan fingerprint density at radius 2 is 2.17 bits per heavy atom. The molecule has 98 valence electrons. The highest BCUT2D eigenvalue weighted by Crippen LogP contribution is 2.25. The number of nitrogens with one attached hydrogen (secondary N) is 1. The molecule has 0 aromatic heterocycles. The molecule has 1 heterocycles. The Labute approximate surface area is 111 Å². The Bertz CT molecular complexity index is 405. The lowest BCUT2D eigenvalue weighted by Gasteiger charge is -2.11. The molecule has 1 aromatic rings. The van der Waals surface area contributed by atoms with E-state index in [-0.39, 0.29) is 12.2 Å². The van der Waals surface area contributed by atoms with Crippen LogP contribution in [-0.4, -0.2) is 25.0 Å². The number of anilines is 1. The molecular weight excluding hydrogens is 254 g/mol. The predicted molar refractivity (Wildman–Crippen MR) is 69.7 cm³/mol. The van der Waals surface area contributed by atoms with Gasteiger partial charge in [0.1, 0.15) is 0 Å². The summed E-state index contributed by atoms with van der Waals surface area (Å²) in [5, 5.41) is 2.83. The van der Waals surface area contributed by atoms with Crippen LogP contribution in [0.3, 0.4) is 0 Å². The molecule has 18 heavy (non-hydrogen) atoms. The van der Waals surface area contributed by atoms with Crippen LogP contribution in [0, 0.1) is 0 Å². The number of ether oxygens (including phenoxy) is 2. The molecule has 5 heteroatoms. The van der Waals surface area contributed by atoms with Crippen LogP contribution in [0.4, 0.5) is 5.69 Å². The van der Waals surface area contributed by atoms with Crippen LogP contribution in [0.15, 0.2) is 24.3 Å². The SMILES string of the molecule is O=C(CCCCl)Nc1cccc(C2OCCO2)c1. The van der Waals surface area contributed by atoms with E-state index in [9.17, 15) is 4.79 Å². The highest BCUT2D eigenvalue weighted by molar-refractivity contribution is 6.18. The highest BCUT2D eigenvalue weighted by Gasteiger charge is 2.18. The van der Waals surface area contributed by atoms with Crippen LogP contribution in [0.25, 0.3) is 0 Å². The van der Waals surface area contributed by atoms with Crippen LogP contribution in [0.1, 0.15) is 24.7 Å². The van der Waals surface area contributed by atoms with E-state index in [1.165, 1.54) is 0 Å². The van der Waals surface area contributed by atoms with Gasteiger partial charge in [-0.25, -0.2) is 0 Å². The smallest absolute Gasteiger partial charge is 0.224 e. The van der Waals surface area contributed by atoms with E-state index in [1.807, 2.05) is 24.3 Å².